The Labute approximate surface area is 170 Å². The molecule has 29 heavy (non-hydrogen) atoms. The number of anilines is 2. The van der Waals surface area contributed by atoms with Gasteiger partial charge in [-0.1, -0.05) is 56.3 Å². The average Bonchev–Trinajstić information content (AvgIpc) is 3.08. The molecule has 7 nitrogen and oxygen atoms in total. The molecule has 0 saturated carbocycles. The minimum Gasteiger partial charge on any atom is -0.497 e. The lowest BCUT2D eigenvalue weighted by Gasteiger charge is -2.20. The van der Waals surface area contributed by atoms with Gasteiger partial charge in [-0.05, 0) is 35.6 Å². The van der Waals surface area contributed by atoms with Crippen molar-refractivity contribution in [3.8, 4) is 5.75 Å². The van der Waals surface area contributed by atoms with Crippen LogP contribution in [0.4, 0.5) is 11.5 Å². The molecule has 1 amide bonds. The Bertz CT molecular complexity index is 1000. The van der Waals surface area contributed by atoms with Crippen LogP contribution in [0.1, 0.15) is 55.4 Å². The highest BCUT2D eigenvalue weighted by Crippen LogP contribution is 2.27. The van der Waals surface area contributed by atoms with Crippen LogP contribution in [0, 0.1) is 0 Å². The molecule has 0 radical (unpaired) electrons. The van der Waals surface area contributed by atoms with Gasteiger partial charge in [0, 0.05) is 11.8 Å². The maximum atomic E-state index is 12.6. The summed E-state index contributed by atoms with van der Waals surface area (Å²) in [5, 5.41) is 10.9. The van der Waals surface area contributed by atoms with Crippen LogP contribution in [0.25, 0.3) is 0 Å². The van der Waals surface area contributed by atoms with Gasteiger partial charge in [-0.25, -0.2) is 4.68 Å². The highest BCUT2D eigenvalue weighted by Gasteiger charge is 2.22. The van der Waals surface area contributed by atoms with E-state index in [1.54, 1.807) is 36.1 Å². The van der Waals surface area contributed by atoms with E-state index >= 15 is 0 Å². The van der Waals surface area contributed by atoms with Crippen LogP contribution in [0.15, 0.2) is 48.5 Å². The lowest BCUT2D eigenvalue weighted by Crippen LogP contribution is -2.17. The summed E-state index contributed by atoms with van der Waals surface area (Å²) in [6.07, 6.45) is 0. The molecule has 0 fully saturated rings. The van der Waals surface area contributed by atoms with Crippen molar-refractivity contribution in [2.45, 2.75) is 39.2 Å². The summed E-state index contributed by atoms with van der Waals surface area (Å²) < 4.78 is 6.73. The third-order valence-electron chi connectivity index (χ3n) is 4.90. The van der Waals surface area contributed by atoms with E-state index in [9.17, 15) is 4.79 Å². The molecule has 0 spiro atoms. The summed E-state index contributed by atoms with van der Waals surface area (Å²) in [6, 6.07) is 15.2. The first-order valence-electron chi connectivity index (χ1n) is 9.47. The maximum absolute atomic E-state index is 12.6. The molecule has 0 bridgehead atoms. The number of carbonyl (C=O) groups excluding carboxylic acids is 1. The number of nitrogen functional groups attached to an aromatic ring is 1. The first-order chi connectivity index (χ1) is 13.7. The molecule has 0 saturated heterocycles. The van der Waals surface area contributed by atoms with Crippen molar-refractivity contribution in [1.82, 2.24) is 15.0 Å². The number of hydrogen-bond donors (Lipinski definition) is 2. The largest absolute Gasteiger partial charge is 0.497 e. The molecule has 7 heteroatoms. The van der Waals surface area contributed by atoms with Gasteiger partial charge in [-0.15, -0.1) is 5.10 Å². The molecule has 2 aromatic carbocycles. The van der Waals surface area contributed by atoms with E-state index in [0.29, 0.717) is 11.4 Å². The predicted octanol–water partition coefficient (Wildman–Crippen LogP) is 4.03. The third kappa shape index (κ3) is 4.39. The number of methoxy groups -OCH3 is 1. The topological polar surface area (TPSA) is 95.1 Å². The molecule has 3 rings (SSSR count). The number of hydrogen-bond acceptors (Lipinski definition) is 5. The van der Waals surface area contributed by atoms with Crippen molar-refractivity contribution < 1.29 is 9.53 Å². The third-order valence-corrected chi connectivity index (χ3v) is 4.90. The van der Waals surface area contributed by atoms with E-state index in [1.807, 2.05) is 6.92 Å². The first kappa shape index (κ1) is 20.4. The second-order valence-corrected chi connectivity index (χ2v) is 8.00. The number of rotatable bonds is 5. The molecule has 1 heterocycles. The van der Waals surface area contributed by atoms with Gasteiger partial charge in [0.25, 0.3) is 5.91 Å². The number of nitrogens with one attached hydrogen (secondary N) is 1. The zero-order chi connectivity index (χ0) is 21.2. The lowest BCUT2D eigenvalue weighted by molar-refractivity contribution is 0.102. The van der Waals surface area contributed by atoms with Crippen molar-refractivity contribution in [3.05, 3.63) is 65.4 Å². The van der Waals surface area contributed by atoms with Crippen LogP contribution in [0.5, 0.6) is 5.75 Å². The highest BCUT2D eigenvalue weighted by molar-refractivity contribution is 6.05. The van der Waals surface area contributed by atoms with Crippen molar-refractivity contribution >= 4 is 17.4 Å². The monoisotopic (exact) mass is 393 g/mol. The number of nitrogens with two attached hydrogens (primary N) is 1. The van der Waals surface area contributed by atoms with Crippen LogP contribution < -0.4 is 15.8 Å². The van der Waals surface area contributed by atoms with E-state index < -0.39 is 5.91 Å². The van der Waals surface area contributed by atoms with E-state index in [4.69, 9.17) is 10.5 Å². The van der Waals surface area contributed by atoms with E-state index in [2.05, 4.69) is 60.7 Å². The summed E-state index contributed by atoms with van der Waals surface area (Å²) in [5.41, 5.74) is 9.25. The van der Waals surface area contributed by atoms with Crippen LogP contribution in [0.3, 0.4) is 0 Å². The molecule has 1 atom stereocenters. The van der Waals surface area contributed by atoms with Gasteiger partial charge in [0.2, 0.25) is 0 Å². The molecule has 1 aromatic heterocycles. The molecule has 0 aliphatic rings. The normalized spacial score (nSPS) is 12.4. The standard InChI is InChI=1S/C22H27N5O2/c1-14(15-9-11-16(12-10-15)22(2,3)4)27-20(23)19(25-26-27)21(28)24-17-7-6-8-18(13-17)29-5/h6-14H,23H2,1-5H3,(H,24,28). The average molecular weight is 393 g/mol. The molecule has 3 aromatic rings. The number of aromatic nitrogens is 3. The Morgan fingerprint density at radius 3 is 2.48 bits per heavy atom. The number of benzene rings is 2. The SMILES string of the molecule is COc1cccc(NC(=O)c2nnn(C(C)c3ccc(C(C)(C)C)cc3)c2N)c1. The number of nitrogens with zero attached hydrogens (tertiary/aromatic N) is 3. The Hall–Kier alpha value is -3.35. The molecule has 0 aliphatic carbocycles. The molecule has 1 unspecified atom stereocenters. The molecule has 0 aliphatic heterocycles. The van der Waals surface area contributed by atoms with Gasteiger partial charge in [0.05, 0.1) is 13.2 Å². The zero-order valence-electron chi connectivity index (χ0n) is 17.4. The van der Waals surface area contributed by atoms with Crippen molar-refractivity contribution in [3.63, 3.8) is 0 Å². The van der Waals surface area contributed by atoms with Crippen molar-refractivity contribution in [1.29, 1.82) is 0 Å². The number of amides is 1. The molecular formula is C22H27N5O2. The van der Waals surface area contributed by atoms with E-state index in [-0.39, 0.29) is 23.0 Å². The molecule has 3 N–H and O–H groups in total. The first-order valence-corrected chi connectivity index (χ1v) is 9.47. The van der Waals surface area contributed by atoms with Gasteiger partial charge < -0.3 is 15.8 Å². The van der Waals surface area contributed by atoms with Gasteiger partial charge in [0.1, 0.15) is 5.75 Å². The highest BCUT2D eigenvalue weighted by atomic mass is 16.5. The van der Waals surface area contributed by atoms with Gasteiger partial charge in [-0.2, -0.15) is 0 Å². The van der Waals surface area contributed by atoms with Gasteiger partial charge >= 0.3 is 0 Å². The fourth-order valence-corrected chi connectivity index (χ4v) is 3.04. The minimum absolute atomic E-state index is 0.0828. The second kappa shape index (κ2) is 7.95. The summed E-state index contributed by atoms with van der Waals surface area (Å²) >= 11 is 0. The van der Waals surface area contributed by atoms with Crippen LogP contribution >= 0.6 is 0 Å². The van der Waals surface area contributed by atoms with Crippen LogP contribution in [-0.4, -0.2) is 28.0 Å². The Balaban J connectivity index is 1.80. The van der Waals surface area contributed by atoms with Gasteiger partial charge in [-0.3, -0.25) is 4.79 Å². The number of ether oxygens (including phenoxy) is 1. The quantitative estimate of drug-likeness (QED) is 0.682. The predicted molar refractivity (Wildman–Crippen MR) is 114 cm³/mol. The molecular weight excluding hydrogens is 366 g/mol. The summed E-state index contributed by atoms with van der Waals surface area (Å²) in [4.78, 5) is 12.6. The molecule has 152 valence electrons. The number of carbonyl (C=O) groups is 1. The van der Waals surface area contributed by atoms with Gasteiger partial charge in [0.15, 0.2) is 11.5 Å². The summed E-state index contributed by atoms with van der Waals surface area (Å²) in [5.74, 6) is 0.446. The Morgan fingerprint density at radius 2 is 1.86 bits per heavy atom. The van der Waals surface area contributed by atoms with Crippen LogP contribution in [-0.2, 0) is 5.41 Å². The fraction of sp³-hybridized carbons (Fsp3) is 0.318. The smallest absolute Gasteiger partial charge is 0.280 e. The zero-order valence-corrected chi connectivity index (χ0v) is 17.4. The van der Waals surface area contributed by atoms with E-state index in [1.165, 1.54) is 5.56 Å². The maximum Gasteiger partial charge on any atom is 0.280 e. The second-order valence-electron chi connectivity index (χ2n) is 8.00. The van der Waals surface area contributed by atoms with Crippen molar-refractivity contribution in [2.75, 3.05) is 18.2 Å². The minimum atomic E-state index is -0.419. The van der Waals surface area contributed by atoms with Crippen molar-refractivity contribution in [2.24, 2.45) is 0 Å². The lowest BCUT2D eigenvalue weighted by atomic mass is 9.86. The Kier molecular flexibility index (Phi) is 5.59. The summed E-state index contributed by atoms with van der Waals surface area (Å²) in [6.45, 7) is 8.50. The summed E-state index contributed by atoms with van der Waals surface area (Å²) in [7, 11) is 1.57. The van der Waals surface area contributed by atoms with Crippen LogP contribution in [0.2, 0.25) is 0 Å². The Morgan fingerprint density at radius 1 is 1.17 bits per heavy atom. The van der Waals surface area contributed by atoms with E-state index in [0.717, 1.165) is 5.56 Å². The fourth-order valence-electron chi connectivity index (χ4n) is 3.04.